The van der Waals surface area contributed by atoms with E-state index >= 15 is 0 Å². The van der Waals surface area contributed by atoms with Gasteiger partial charge in [0.25, 0.3) is 5.56 Å². The van der Waals surface area contributed by atoms with Gasteiger partial charge in [0.1, 0.15) is 18.3 Å². The van der Waals surface area contributed by atoms with Crippen molar-refractivity contribution in [3.05, 3.63) is 105 Å². The van der Waals surface area contributed by atoms with Crippen LogP contribution in [0.15, 0.2) is 77.0 Å². The van der Waals surface area contributed by atoms with E-state index in [0.717, 1.165) is 10.7 Å². The Kier molecular flexibility index (Phi) is 4.65. The molecule has 0 amide bonds. The Hall–Kier alpha value is -2.76. The van der Waals surface area contributed by atoms with Crippen LogP contribution in [-0.2, 0) is 6.54 Å². The molecule has 4 nitrogen and oxygen atoms in total. The van der Waals surface area contributed by atoms with E-state index in [0.29, 0.717) is 6.54 Å². The molecule has 0 spiro atoms. The Labute approximate surface area is 155 Å². The van der Waals surface area contributed by atoms with Crippen molar-refractivity contribution in [1.29, 1.82) is 0 Å². The summed E-state index contributed by atoms with van der Waals surface area (Å²) in [5.41, 5.74) is 4.52. The number of quaternary nitrogens is 1. The minimum absolute atomic E-state index is 0.0220. The lowest BCUT2D eigenvalue weighted by Crippen LogP contribution is -2.84. The molecule has 0 aliphatic heterocycles. The fraction of sp³-hybridized carbons (Fsp3) is 0.143. The highest BCUT2D eigenvalue weighted by Crippen LogP contribution is 2.19. The van der Waals surface area contributed by atoms with Crippen molar-refractivity contribution in [3.63, 3.8) is 0 Å². The third-order valence-electron chi connectivity index (χ3n) is 4.51. The fourth-order valence-electron chi connectivity index (χ4n) is 3.13. The van der Waals surface area contributed by atoms with Gasteiger partial charge in [-0.1, -0.05) is 60.2 Å². The second-order valence-electron chi connectivity index (χ2n) is 6.38. The van der Waals surface area contributed by atoms with Crippen LogP contribution in [0.3, 0.4) is 0 Å². The van der Waals surface area contributed by atoms with Crippen molar-refractivity contribution in [2.24, 2.45) is 0 Å². The summed E-state index contributed by atoms with van der Waals surface area (Å²) >= 11 is 1.48. The van der Waals surface area contributed by atoms with Crippen LogP contribution in [0.2, 0.25) is 0 Å². The van der Waals surface area contributed by atoms with Crippen LogP contribution in [0.25, 0.3) is 4.96 Å². The van der Waals surface area contributed by atoms with E-state index in [4.69, 9.17) is 0 Å². The number of benzene rings is 2. The Morgan fingerprint density at radius 2 is 1.81 bits per heavy atom. The van der Waals surface area contributed by atoms with Crippen LogP contribution in [0.4, 0.5) is 0 Å². The molecule has 2 aromatic heterocycles. The highest BCUT2D eigenvalue weighted by Gasteiger charge is 2.18. The van der Waals surface area contributed by atoms with Gasteiger partial charge in [-0.25, -0.2) is 4.98 Å². The van der Waals surface area contributed by atoms with Gasteiger partial charge in [-0.3, -0.25) is 9.20 Å². The van der Waals surface area contributed by atoms with E-state index in [1.165, 1.54) is 28.0 Å². The van der Waals surface area contributed by atoms with Crippen LogP contribution in [-0.4, -0.2) is 9.38 Å². The van der Waals surface area contributed by atoms with Gasteiger partial charge in [0.2, 0.25) is 0 Å². The van der Waals surface area contributed by atoms with E-state index in [1.807, 2.05) is 11.4 Å². The molecule has 130 valence electrons. The van der Waals surface area contributed by atoms with Crippen LogP contribution < -0.4 is 10.9 Å². The lowest BCUT2D eigenvalue weighted by Gasteiger charge is -2.16. The van der Waals surface area contributed by atoms with Crippen LogP contribution >= 0.6 is 11.3 Å². The van der Waals surface area contributed by atoms with Crippen molar-refractivity contribution in [2.45, 2.75) is 19.5 Å². The molecule has 0 saturated carbocycles. The predicted octanol–water partition coefficient (Wildman–Crippen LogP) is 2.92. The van der Waals surface area contributed by atoms with Gasteiger partial charge in [-0.05, 0) is 6.92 Å². The quantitative estimate of drug-likeness (QED) is 0.593. The molecule has 1 atom stereocenters. The summed E-state index contributed by atoms with van der Waals surface area (Å²) in [5, 5.41) is 4.13. The van der Waals surface area contributed by atoms with Crippen molar-refractivity contribution in [3.8, 4) is 0 Å². The van der Waals surface area contributed by atoms with Gasteiger partial charge in [-0.2, -0.15) is 0 Å². The molecule has 4 rings (SSSR count). The van der Waals surface area contributed by atoms with Gasteiger partial charge in [0.15, 0.2) is 4.96 Å². The normalized spacial score (nSPS) is 12.3. The smallest absolute Gasteiger partial charge is 0.258 e. The topological polar surface area (TPSA) is 51.0 Å². The molecule has 4 aromatic rings. The number of aromatic nitrogens is 2. The second kappa shape index (κ2) is 7.23. The maximum Gasteiger partial charge on any atom is 0.258 e. The SMILES string of the molecule is Cc1ccc([C@H]([NH2+]Cc2cc(=O)n3ccsc3n2)c2ccccc2)cc1. The van der Waals surface area contributed by atoms with Gasteiger partial charge in [0.05, 0.1) is 0 Å². The molecule has 5 heteroatoms. The molecule has 2 aromatic carbocycles. The maximum atomic E-state index is 12.2. The first-order chi connectivity index (χ1) is 12.7. The molecule has 2 heterocycles. The lowest BCUT2D eigenvalue weighted by molar-refractivity contribution is -0.702. The zero-order valence-corrected chi connectivity index (χ0v) is 15.3. The third-order valence-corrected chi connectivity index (χ3v) is 5.27. The van der Waals surface area contributed by atoms with Gasteiger partial charge in [0, 0.05) is 28.8 Å². The number of nitrogens with zero attached hydrogens (tertiary/aromatic N) is 2. The average molecular weight is 362 g/mol. The zero-order valence-electron chi connectivity index (χ0n) is 14.5. The molecule has 0 unspecified atom stereocenters. The van der Waals surface area contributed by atoms with Gasteiger partial charge < -0.3 is 5.32 Å². The van der Waals surface area contributed by atoms with Crippen LogP contribution in [0, 0.1) is 6.92 Å². The Morgan fingerprint density at radius 1 is 1.08 bits per heavy atom. The monoisotopic (exact) mass is 362 g/mol. The molecule has 0 fully saturated rings. The number of nitrogens with two attached hydrogens (primary N) is 1. The average Bonchev–Trinajstić information content (AvgIpc) is 3.13. The van der Waals surface area contributed by atoms with Crippen molar-refractivity contribution in [2.75, 3.05) is 0 Å². The van der Waals surface area contributed by atoms with E-state index in [1.54, 1.807) is 16.7 Å². The summed E-state index contributed by atoms with van der Waals surface area (Å²) in [6.07, 6.45) is 1.77. The van der Waals surface area contributed by atoms with Crippen LogP contribution in [0.1, 0.15) is 28.4 Å². The standard InChI is InChI=1S/C21H19N3OS/c1-15-7-9-17(10-8-15)20(16-5-3-2-4-6-16)22-14-18-13-19(25)24-11-12-26-21(24)23-18/h2-13,20,22H,14H2,1H3/p+1/t20-/m1/s1. The first kappa shape index (κ1) is 16.7. The summed E-state index contributed by atoms with van der Waals surface area (Å²) in [6, 6.07) is 20.9. The predicted molar refractivity (Wildman–Crippen MR) is 104 cm³/mol. The molecule has 0 aliphatic rings. The first-order valence-electron chi connectivity index (χ1n) is 8.61. The Bertz CT molecular complexity index is 1070. The summed E-state index contributed by atoms with van der Waals surface area (Å²) in [7, 11) is 0. The number of aryl methyl sites for hydroxylation is 1. The number of rotatable bonds is 5. The number of hydrogen-bond acceptors (Lipinski definition) is 3. The largest absolute Gasteiger partial charge is 0.331 e. The highest BCUT2D eigenvalue weighted by atomic mass is 32.1. The van der Waals surface area contributed by atoms with Crippen molar-refractivity contribution >= 4 is 16.3 Å². The molecular formula is C21H20N3OS+. The molecule has 0 bridgehead atoms. The van der Waals surface area contributed by atoms with Gasteiger partial charge >= 0.3 is 0 Å². The molecule has 0 aliphatic carbocycles. The third kappa shape index (κ3) is 3.45. The lowest BCUT2D eigenvalue weighted by atomic mass is 9.98. The Morgan fingerprint density at radius 3 is 2.58 bits per heavy atom. The summed E-state index contributed by atoms with van der Waals surface area (Å²) in [4.78, 5) is 17.6. The summed E-state index contributed by atoms with van der Waals surface area (Å²) in [5.74, 6) is 0. The van der Waals surface area contributed by atoms with Crippen molar-refractivity contribution in [1.82, 2.24) is 9.38 Å². The minimum atomic E-state index is -0.0220. The van der Waals surface area contributed by atoms with E-state index in [9.17, 15) is 4.79 Å². The zero-order chi connectivity index (χ0) is 17.9. The van der Waals surface area contributed by atoms with Crippen molar-refractivity contribution < 1.29 is 5.32 Å². The maximum absolute atomic E-state index is 12.2. The van der Waals surface area contributed by atoms with E-state index in [-0.39, 0.29) is 11.6 Å². The number of hydrogen-bond donors (Lipinski definition) is 1. The molecule has 0 radical (unpaired) electrons. The molecule has 0 saturated heterocycles. The minimum Gasteiger partial charge on any atom is -0.331 e. The Balaban J connectivity index is 1.64. The number of thiazole rings is 1. The molecule has 2 N–H and O–H groups in total. The molecule has 26 heavy (non-hydrogen) atoms. The van der Waals surface area contributed by atoms with Crippen LogP contribution in [0.5, 0.6) is 0 Å². The van der Waals surface area contributed by atoms with Gasteiger partial charge in [-0.15, -0.1) is 11.3 Å². The highest BCUT2D eigenvalue weighted by molar-refractivity contribution is 7.15. The number of fused-ring (bicyclic) bond motifs is 1. The second-order valence-corrected chi connectivity index (χ2v) is 7.25. The first-order valence-corrected chi connectivity index (χ1v) is 9.49. The summed E-state index contributed by atoms with van der Waals surface area (Å²) in [6.45, 7) is 2.75. The fourth-order valence-corrected chi connectivity index (χ4v) is 3.87. The van der Waals surface area contributed by atoms with E-state index < -0.39 is 0 Å². The van der Waals surface area contributed by atoms with E-state index in [2.05, 4.69) is 65.8 Å². The summed E-state index contributed by atoms with van der Waals surface area (Å²) < 4.78 is 1.59. The molecular weight excluding hydrogens is 342 g/mol.